The number of rotatable bonds is 5. The smallest absolute Gasteiger partial charge is 0.0576 e. The van der Waals surface area contributed by atoms with E-state index in [0.29, 0.717) is 11.5 Å². The number of hydrogen-bond donors (Lipinski definition) is 1. The van der Waals surface area contributed by atoms with E-state index in [2.05, 4.69) is 0 Å². The van der Waals surface area contributed by atoms with Crippen LogP contribution in [0.1, 0.15) is 64.2 Å². The standard InChI is InChI=1S/C14H27NO/c15-12-14(8-2-1-3-9-14)10-4-6-13-7-5-11-16-13/h13H,1-12,15H2. The molecular weight excluding hydrogens is 198 g/mol. The first-order valence-electron chi connectivity index (χ1n) is 7.16. The average molecular weight is 225 g/mol. The third-order valence-electron chi connectivity index (χ3n) is 4.60. The Bertz CT molecular complexity index is 193. The van der Waals surface area contributed by atoms with E-state index < -0.39 is 0 Å². The molecule has 2 aliphatic rings. The molecule has 2 rings (SSSR count). The van der Waals surface area contributed by atoms with Crippen LogP contribution in [0.5, 0.6) is 0 Å². The second kappa shape index (κ2) is 6.02. The largest absolute Gasteiger partial charge is 0.378 e. The molecule has 2 heteroatoms. The fourth-order valence-corrected chi connectivity index (χ4v) is 3.43. The molecule has 0 bridgehead atoms. The molecule has 1 saturated carbocycles. The van der Waals surface area contributed by atoms with Gasteiger partial charge in [-0.15, -0.1) is 0 Å². The van der Waals surface area contributed by atoms with Crippen molar-refractivity contribution >= 4 is 0 Å². The van der Waals surface area contributed by atoms with Crippen molar-refractivity contribution in [1.29, 1.82) is 0 Å². The van der Waals surface area contributed by atoms with Crippen LogP contribution in [0.2, 0.25) is 0 Å². The second-order valence-electron chi connectivity index (χ2n) is 5.79. The van der Waals surface area contributed by atoms with Gasteiger partial charge in [-0.3, -0.25) is 0 Å². The Labute approximate surface area is 99.9 Å². The fourth-order valence-electron chi connectivity index (χ4n) is 3.43. The highest BCUT2D eigenvalue weighted by Crippen LogP contribution is 2.39. The van der Waals surface area contributed by atoms with Crippen molar-refractivity contribution in [3.63, 3.8) is 0 Å². The van der Waals surface area contributed by atoms with Crippen molar-refractivity contribution < 1.29 is 4.74 Å². The summed E-state index contributed by atoms with van der Waals surface area (Å²) in [6.07, 6.45) is 14.0. The Morgan fingerprint density at radius 3 is 2.56 bits per heavy atom. The number of nitrogens with two attached hydrogens (primary N) is 1. The molecule has 1 unspecified atom stereocenters. The molecule has 0 spiro atoms. The van der Waals surface area contributed by atoms with Gasteiger partial charge in [-0.25, -0.2) is 0 Å². The van der Waals surface area contributed by atoms with Gasteiger partial charge >= 0.3 is 0 Å². The molecule has 0 amide bonds. The average Bonchev–Trinajstić information content (AvgIpc) is 2.83. The molecule has 1 aliphatic carbocycles. The quantitative estimate of drug-likeness (QED) is 0.779. The van der Waals surface area contributed by atoms with Crippen LogP contribution in [0.15, 0.2) is 0 Å². The Balaban J connectivity index is 1.69. The highest BCUT2D eigenvalue weighted by molar-refractivity contribution is 4.84. The molecule has 94 valence electrons. The second-order valence-corrected chi connectivity index (χ2v) is 5.79. The molecule has 2 nitrogen and oxygen atoms in total. The molecule has 1 saturated heterocycles. The van der Waals surface area contributed by atoms with Crippen molar-refractivity contribution in [2.75, 3.05) is 13.2 Å². The molecule has 0 aromatic rings. The maximum Gasteiger partial charge on any atom is 0.0576 e. The van der Waals surface area contributed by atoms with Gasteiger partial charge in [0.05, 0.1) is 6.10 Å². The highest BCUT2D eigenvalue weighted by Gasteiger charge is 2.30. The Kier molecular flexibility index (Phi) is 4.66. The minimum Gasteiger partial charge on any atom is -0.378 e. The van der Waals surface area contributed by atoms with Gasteiger partial charge in [0.25, 0.3) is 0 Å². The van der Waals surface area contributed by atoms with Crippen molar-refractivity contribution in [3.8, 4) is 0 Å². The summed E-state index contributed by atoms with van der Waals surface area (Å²) < 4.78 is 5.68. The minimum absolute atomic E-state index is 0.497. The van der Waals surface area contributed by atoms with Gasteiger partial charge in [0.15, 0.2) is 0 Å². The third-order valence-corrected chi connectivity index (χ3v) is 4.60. The fraction of sp³-hybridized carbons (Fsp3) is 1.00. The van der Waals surface area contributed by atoms with E-state index in [1.54, 1.807) is 0 Å². The lowest BCUT2D eigenvalue weighted by molar-refractivity contribution is 0.0936. The zero-order chi connectivity index (χ0) is 11.3. The first-order valence-corrected chi connectivity index (χ1v) is 7.16. The van der Waals surface area contributed by atoms with Crippen LogP contribution in [-0.2, 0) is 4.74 Å². The van der Waals surface area contributed by atoms with Crippen molar-refractivity contribution in [1.82, 2.24) is 0 Å². The van der Waals surface area contributed by atoms with Gasteiger partial charge in [0.1, 0.15) is 0 Å². The molecule has 1 heterocycles. The first-order chi connectivity index (χ1) is 7.85. The number of hydrogen-bond acceptors (Lipinski definition) is 2. The molecular formula is C14H27NO. The van der Waals surface area contributed by atoms with Gasteiger partial charge in [-0.05, 0) is 50.5 Å². The molecule has 1 aliphatic heterocycles. The lowest BCUT2D eigenvalue weighted by atomic mass is 9.71. The summed E-state index contributed by atoms with van der Waals surface area (Å²) in [6.45, 7) is 1.89. The maximum absolute atomic E-state index is 6.00. The van der Waals surface area contributed by atoms with Gasteiger partial charge in [-0.1, -0.05) is 25.7 Å². The van der Waals surface area contributed by atoms with Crippen LogP contribution in [0.25, 0.3) is 0 Å². The van der Waals surface area contributed by atoms with Crippen LogP contribution < -0.4 is 5.73 Å². The van der Waals surface area contributed by atoms with Gasteiger partial charge in [-0.2, -0.15) is 0 Å². The predicted octanol–water partition coefficient (Wildman–Crippen LogP) is 3.24. The summed E-state index contributed by atoms with van der Waals surface area (Å²) in [5.41, 5.74) is 6.50. The first kappa shape index (κ1) is 12.4. The van der Waals surface area contributed by atoms with E-state index in [1.807, 2.05) is 0 Å². The Hall–Kier alpha value is -0.0800. The van der Waals surface area contributed by atoms with E-state index in [4.69, 9.17) is 10.5 Å². The minimum atomic E-state index is 0.497. The normalized spacial score (nSPS) is 29.4. The van der Waals surface area contributed by atoms with Gasteiger partial charge in [0.2, 0.25) is 0 Å². The van der Waals surface area contributed by atoms with Crippen molar-refractivity contribution in [2.45, 2.75) is 70.3 Å². The van der Waals surface area contributed by atoms with E-state index in [9.17, 15) is 0 Å². The van der Waals surface area contributed by atoms with Gasteiger partial charge in [0, 0.05) is 6.61 Å². The zero-order valence-electron chi connectivity index (χ0n) is 10.5. The SMILES string of the molecule is NCC1(CCCC2CCCO2)CCCCC1. The summed E-state index contributed by atoms with van der Waals surface area (Å²) in [5, 5.41) is 0. The maximum atomic E-state index is 6.00. The summed E-state index contributed by atoms with van der Waals surface area (Å²) in [4.78, 5) is 0. The van der Waals surface area contributed by atoms with E-state index in [-0.39, 0.29) is 0 Å². The Morgan fingerprint density at radius 1 is 1.12 bits per heavy atom. The van der Waals surface area contributed by atoms with Crippen LogP contribution >= 0.6 is 0 Å². The topological polar surface area (TPSA) is 35.2 Å². The molecule has 0 aromatic heterocycles. The van der Waals surface area contributed by atoms with E-state index in [0.717, 1.165) is 13.2 Å². The lowest BCUT2D eigenvalue weighted by Crippen LogP contribution is -2.32. The Morgan fingerprint density at radius 2 is 1.94 bits per heavy atom. The van der Waals surface area contributed by atoms with Crippen LogP contribution in [0, 0.1) is 5.41 Å². The van der Waals surface area contributed by atoms with Crippen molar-refractivity contribution in [3.05, 3.63) is 0 Å². The lowest BCUT2D eigenvalue weighted by Gasteiger charge is -2.36. The van der Waals surface area contributed by atoms with E-state index >= 15 is 0 Å². The molecule has 0 aromatic carbocycles. The summed E-state index contributed by atoms with van der Waals surface area (Å²) in [6, 6.07) is 0. The summed E-state index contributed by atoms with van der Waals surface area (Å²) in [7, 11) is 0. The van der Waals surface area contributed by atoms with E-state index in [1.165, 1.54) is 64.2 Å². The van der Waals surface area contributed by atoms with Crippen LogP contribution in [0.3, 0.4) is 0 Å². The molecule has 2 fully saturated rings. The van der Waals surface area contributed by atoms with Crippen molar-refractivity contribution in [2.24, 2.45) is 11.1 Å². The third kappa shape index (κ3) is 3.21. The zero-order valence-corrected chi connectivity index (χ0v) is 10.5. The molecule has 16 heavy (non-hydrogen) atoms. The molecule has 2 N–H and O–H groups in total. The summed E-state index contributed by atoms with van der Waals surface area (Å²) >= 11 is 0. The van der Waals surface area contributed by atoms with Crippen LogP contribution in [0.4, 0.5) is 0 Å². The van der Waals surface area contributed by atoms with Crippen LogP contribution in [-0.4, -0.2) is 19.3 Å². The molecule has 1 atom stereocenters. The number of ether oxygens (including phenoxy) is 1. The predicted molar refractivity (Wildman–Crippen MR) is 67.4 cm³/mol. The summed E-state index contributed by atoms with van der Waals surface area (Å²) in [5.74, 6) is 0. The molecule has 0 radical (unpaired) electrons. The van der Waals surface area contributed by atoms with Gasteiger partial charge < -0.3 is 10.5 Å². The highest BCUT2D eigenvalue weighted by atomic mass is 16.5. The monoisotopic (exact) mass is 225 g/mol.